The van der Waals surface area contributed by atoms with E-state index in [0.29, 0.717) is 0 Å². The quantitative estimate of drug-likeness (QED) is 0.915. The average molecular weight is 336 g/mol. The molecule has 4 amide bonds. The minimum Gasteiger partial charge on any atom is -0.307 e. The highest BCUT2D eigenvalue weighted by Gasteiger charge is 2.74. The fourth-order valence-corrected chi connectivity index (χ4v) is 4.42. The number of amides is 4. The molecule has 0 bridgehead atoms. The van der Waals surface area contributed by atoms with Crippen molar-refractivity contribution in [3.8, 4) is 0 Å². The highest BCUT2D eigenvalue weighted by Crippen LogP contribution is 2.56. The lowest BCUT2D eigenvalue weighted by Crippen LogP contribution is -2.61. The van der Waals surface area contributed by atoms with Crippen LogP contribution in [-0.2, 0) is 11.3 Å². The lowest BCUT2D eigenvalue weighted by atomic mass is 9.81. The second-order valence-electron chi connectivity index (χ2n) is 6.50. The zero-order valence-corrected chi connectivity index (χ0v) is 14.4. The number of carbonyl (C=O) groups is 2. The van der Waals surface area contributed by atoms with Gasteiger partial charge in [-0.25, -0.2) is 9.59 Å². The van der Waals surface area contributed by atoms with Crippen LogP contribution in [0.25, 0.3) is 0 Å². The van der Waals surface area contributed by atoms with Crippen molar-refractivity contribution < 1.29 is 9.59 Å². The molecule has 2 heterocycles. The Bertz CT molecular complexity index is 841. The predicted octanol–water partition coefficient (Wildman–Crippen LogP) is 2.34. The van der Waals surface area contributed by atoms with Crippen molar-refractivity contribution in [3.63, 3.8) is 0 Å². The molecule has 1 N–H and O–H groups in total. The van der Waals surface area contributed by atoms with Crippen molar-refractivity contribution >= 4 is 12.1 Å². The largest absolute Gasteiger partial charge is 0.324 e. The summed E-state index contributed by atoms with van der Waals surface area (Å²) < 4.78 is 0. The summed E-state index contributed by atoms with van der Waals surface area (Å²) in [6.07, 6.45) is 0. The van der Waals surface area contributed by atoms with E-state index in [2.05, 4.69) is 5.32 Å². The van der Waals surface area contributed by atoms with Gasteiger partial charge in [0.25, 0.3) is 0 Å². The molecule has 2 aromatic carbocycles. The highest BCUT2D eigenvalue weighted by atomic mass is 16.2. The first-order chi connectivity index (χ1) is 12.0. The SMILES string of the molecule is CN1C(=O)N[C@@]2(c3ccccc3)N(C)C(=O)N(C)[C@@]12c1ccccc1. The summed E-state index contributed by atoms with van der Waals surface area (Å²) in [5, 5.41) is 3.10. The topological polar surface area (TPSA) is 55.9 Å². The van der Waals surface area contributed by atoms with Gasteiger partial charge in [0.15, 0.2) is 11.3 Å². The number of fused-ring (bicyclic) bond motifs is 1. The molecular weight excluding hydrogens is 316 g/mol. The van der Waals surface area contributed by atoms with Gasteiger partial charge in [0.1, 0.15) is 0 Å². The summed E-state index contributed by atoms with van der Waals surface area (Å²) in [6.45, 7) is 0. The van der Waals surface area contributed by atoms with E-state index >= 15 is 0 Å². The van der Waals surface area contributed by atoms with Crippen LogP contribution in [0.1, 0.15) is 11.1 Å². The van der Waals surface area contributed by atoms with Crippen LogP contribution in [0.15, 0.2) is 60.7 Å². The number of rotatable bonds is 2. The molecule has 2 atom stereocenters. The van der Waals surface area contributed by atoms with E-state index in [0.717, 1.165) is 11.1 Å². The maximum atomic E-state index is 13.0. The summed E-state index contributed by atoms with van der Waals surface area (Å²) in [4.78, 5) is 30.7. The van der Waals surface area contributed by atoms with Crippen LogP contribution < -0.4 is 5.32 Å². The van der Waals surface area contributed by atoms with Crippen molar-refractivity contribution in [2.45, 2.75) is 11.3 Å². The first-order valence-corrected chi connectivity index (χ1v) is 8.16. The molecule has 2 fully saturated rings. The molecule has 4 rings (SSSR count). The molecule has 2 aromatic rings. The van der Waals surface area contributed by atoms with E-state index in [1.807, 2.05) is 60.7 Å². The molecule has 2 aliphatic rings. The summed E-state index contributed by atoms with van der Waals surface area (Å²) in [5.74, 6) is 0. The Morgan fingerprint density at radius 1 is 0.720 bits per heavy atom. The fourth-order valence-electron chi connectivity index (χ4n) is 4.42. The molecule has 0 unspecified atom stereocenters. The third-order valence-electron chi connectivity index (χ3n) is 5.51. The second kappa shape index (κ2) is 4.99. The molecule has 0 aromatic heterocycles. The van der Waals surface area contributed by atoms with Gasteiger partial charge in [-0.15, -0.1) is 0 Å². The number of hydrogen-bond acceptors (Lipinski definition) is 2. The van der Waals surface area contributed by atoms with E-state index in [1.165, 1.54) is 0 Å². The Balaban J connectivity index is 2.11. The third-order valence-corrected chi connectivity index (χ3v) is 5.51. The minimum absolute atomic E-state index is 0.153. The Morgan fingerprint density at radius 3 is 1.80 bits per heavy atom. The van der Waals surface area contributed by atoms with Gasteiger partial charge in [-0.3, -0.25) is 14.7 Å². The van der Waals surface area contributed by atoms with Crippen LogP contribution >= 0.6 is 0 Å². The monoisotopic (exact) mass is 336 g/mol. The zero-order chi connectivity index (χ0) is 17.8. The number of likely N-dealkylation sites (N-methyl/N-ethyl adjacent to an activating group) is 3. The first kappa shape index (κ1) is 15.5. The zero-order valence-electron chi connectivity index (χ0n) is 14.4. The molecule has 2 saturated heterocycles. The maximum absolute atomic E-state index is 13.0. The van der Waals surface area contributed by atoms with Crippen LogP contribution in [0, 0.1) is 0 Å². The molecule has 0 radical (unpaired) electrons. The Labute approximate surface area is 146 Å². The van der Waals surface area contributed by atoms with Crippen LogP contribution in [-0.4, -0.2) is 47.9 Å². The molecule has 0 spiro atoms. The molecular formula is C19H20N4O2. The van der Waals surface area contributed by atoms with Gasteiger partial charge in [-0.2, -0.15) is 0 Å². The van der Waals surface area contributed by atoms with Crippen molar-refractivity contribution in [2.24, 2.45) is 0 Å². The lowest BCUT2D eigenvalue weighted by Gasteiger charge is -2.46. The van der Waals surface area contributed by atoms with Crippen molar-refractivity contribution in [3.05, 3.63) is 71.8 Å². The van der Waals surface area contributed by atoms with Crippen molar-refractivity contribution in [1.29, 1.82) is 0 Å². The number of urea groups is 2. The minimum atomic E-state index is -1.02. The van der Waals surface area contributed by atoms with Gasteiger partial charge in [-0.05, 0) is 0 Å². The van der Waals surface area contributed by atoms with Crippen LogP contribution in [0.2, 0.25) is 0 Å². The van der Waals surface area contributed by atoms with Gasteiger partial charge < -0.3 is 5.32 Å². The van der Waals surface area contributed by atoms with E-state index in [4.69, 9.17) is 0 Å². The van der Waals surface area contributed by atoms with E-state index in [9.17, 15) is 9.59 Å². The molecule has 6 heteroatoms. The molecule has 6 nitrogen and oxygen atoms in total. The fraction of sp³-hybridized carbons (Fsp3) is 0.263. The Kier molecular flexibility index (Phi) is 3.09. The normalized spacial score (nSPS) is 28.4. The molecule has 128 valence electrons. The van der Waals surface area contributed by atoms with Crippen LogP contribution in [0.3, 0.4) is 0 Å². The summed E-state index contributed by atoms with van der Waals surface area (Å²) >= 11 is 0. The van der Waals surface area contributed by atoms with Crippen molar-refractivity contribution in [1.82, 2.24) is 20.0 Å². The van der Waals surface area contributed by atoms with Gasteiger partial charge in [0.05, 0.1) is 0 Å². The predicted molar refractivity (Wildman–Crippen MR) is 93.5 cm³/mol. The standard InChI is InChI=1S/C19H20N4O2/c1-21-16(24)20-18(14-10-6-4-7-11-14)19(21,15-12-8-5-9-13-15)23(3)17(25)22(18)2/h4-13H,1-3H3,(H,20,24)/t18-,19+/m0/s1. The molecule has 0 saturated carbocycles. The number of nitrogens with one attached hydrogen (secondary N) is 1. The number of hydrogen-bond donors (Lipinski definition) is 1. The summed E-state index contributed by atoms with van der Waals surface area (Å²) in [5.41, 5.74) is -0.275. The molecule has 2 aliphatic heterocycles. The Hall–Kier alpha value is -3.02. The first-order valence-electron chi connectivity index (χ1n) is 8.16. The maximum Gasteiger partial charge on any atom is 0.324 e. The van der Waals surface area contributed by atoms with E-state index in [-0.39, 0.29) is 12.1 Å². The van der Waals surface area contributed by atoms with Gasteiger partial charge >= 0.3 is 12.1 Å². The Morgan fingerprint density at radius 2 is 1.24 bits per heavy atom. The third kappa shape index (κ3) is 1.59. The molecule has 0 aliphatic carbocycles. The number of carbonyl (C=O) groups excluding carboxylic acids is 2. The number of benzene rings is 2. The summed E-state index contributed by atoms with van der Waals surface area (Å²) in [7, 11) is 5.21. The van der Waals surface area contributed by atoms with Gasteiger partial charge in [-0.1, -0.05) is 60.7 Å². The number of nitrogens with zero attached hydrogens (tertiary/aromatic N) is 3. The average Bonchev–Trinajstić information content (AvgIpc) is 2.99. The molecule has 25 heavy (non-hydrogen) atoms. The smallest absolute Gasteiger partial charge is 0.307 e. The van der Waals surface area contributed by atoms with E-state index in [1.54, 1.807) is 35.8 Å². The lowest BCUT2D eigenvalue weighted by molar-refractivity contribution is -0.00880. The summed E-state index contributed by atoms with van der Waals surface area (Å²) in [6, 6.07) is 19.0. The highest BCUT2D eigenvalue weighted by molar-refractivity contribution is 5.89. The van der Waals surface area contributed by atoms with Gasteiger partial charge in [0.2, 0.25) is 0 Å². The second-order valence-corrected chi connectivity index (χ2v) is 6.50. The van der Waals surface area contributed by atoms with Crippen LogP contribution in [0.5, 0.6) is 0 Å². The van der Waals surface area contributed by atoms with Gasteiger partial charge in [0, 0.05) is 32.3 Å². The van der Waals surface area contributed by atoms with Crippen LogP contribution in [0.4, 0.5) is 9.59 Å². The van der Waals surface area contributed by atoms with Crippen molar-refractivity contribution in [2.75, 3.05) is 21.1 Å². The van der Waals surface area contributed by atoms with E-state index < -0.39 is 11.3 Å².